The van der Waals surface area contributed by atoms with Crippen molar-refractivity contribution in [2.75, 3.05) is 5.32 Å². The first-order valence-corrected chi connectivity index (χ1v) is 8.94. The number of halogens is 4. The van der Waals surface area contributed by atoms with E-state index in [1.54, 1.807) is 18.2 Å². The van der Waals surface area contributed by atoms with Crippen LogP contribution in [0.3, 0.4) is 0 Å². The molecular weight excluding hydrogens is 469 g/mol. The van der Waals surface area contributed by atoms with Gasteiger partial charge in [0.1, 0.15) is 6.17 Å². The Balaban J connectivity index is 2.20. The van der Waals surface area contributed by atoms with Crippen molar-refractivity contribution in [3.8, 4) is 0 Å². The number of carbonyl (C=O) groups excluding carboxylic acids is 1. The molecule has 0 fully saturated rings. The first-order valence-electron chi connectivity index (χ1n) is 6.72. The molecule has 0 saturated heterocycles. The number of rotatable bonds is 4. The first kappa shape index (κ1) is 18.6. The normalized spacial score (nSPS) is 12.6. The fraction of sp³-hybridized carbons (Fsp3) is 0.188. The van der Waals surface area contributed by atoms with Crippen LogP contribution in [0.5, 0.6) is 0 Å². The second-order valence-electron chi connectivity index (χ2n) is 4.92. The Labute approximate surface area is 163 Å². The molecule has 122 valence electrons. The molecule has 2 aromatic rings. The summed E-state index contributed by atoms with van der Waals surface area (Å²) in [7, 11) is 0. The minimum Gasteiger partial charge on any atom is -0.362 e. The smallest absolute Gasteiger partial charge is 0.253 e. The van der Waals surface area contributed by atoms with Gasteiger partial charge in [-0.1, -0.05) is 59.1 Å². The van der Waals surface area contributed by atoms with Crippen molar-refractivity contribution in [3.05, 3.63) is 63.2 Å². The van der Waals surface area contributed by atoms with Gasteiger partial charge >= 0.3 is 0 Å². The minimum atomic E-state index is -1.71. The van der Waals surface area contributed by atoms with Crippen molar-refractivity contribution in [2.45, 2.75) is 16.9 Å². The average Bonchev–Trinajstić information content (AvgIpc) is 2.47. The number of amides is 1. The van der Waals surface area contributed by atoms with Crippen molar-refractivity contribution < 1.29 is 4.79 Å². The Kier molecular flexibility index (Phi) is 6.42. The molecule has 0 saturated carbocycles. The Bertz CT molecular complexity index is 704. The van der Waals surface area contributed by atoms with E-state index >= 15 is 0 Å². The number of para-hydroxylation sites is 1. The zero-order chi connectivity index (χ0) is 17.0. The van der Waals surface area contributed by atoms with Crippen molar-refractivity contribution in [3.63, 3.8) is 0 Å². The SMILES string of the molecule is Cc1ccccc1N[C@@H](NC(=O)c1cccc(I)c1)C(Cl)(Cl)Cl. The van der Waals surface area contributed by atoms with Gasteiger partial charge in [0, 0.05) is 14.8 Å². The summed E-state index contributed by atoms with van der Waals surface area (Å²) in [5.41, 5.74) is 2.27. The van der Waals surface area contributed by atoms with Gasteiger partial charge < -0.3 is 10.6 Å². The van der Waals surface area contributed by atoms with Crippen LogP contribution in [0.2, 0.25) is 0 Å². The minimum absolute atomic E-state index is 0.319. The number of benzene rings is 2. The van der Waals surface area contributed by atoms with E-state index < -0.39 is 9.96 Å². The third-order valence-electron chi connectivity index (χ3n) is 3.13. The summed E-state index contributed by atoms with van der Waals surface area (Å²) in [6, 6.07) is 14.7. The zero-order valence-electron chi connectivity index (χ0n) is 12.1. The highest BCUT2D eigenvalue weighted by Crippen LogP contribution is 2.32. The molecule has 0 heterocycles. The van der Waals surface area contributed by atoms with Crippen LogP contribution in [0.25, 0.3) is 0 Å². The Morgan fingerprint density at radius 3 is 2.43 bits per heavy atom. The number of nitrogens with one attached hydrogen (secondary N) is 2. The molecule has 0 radical (unpaired) electrons. The summed E-state index contributed by atoms with van der Waals surface area (Å²) in [4.78, 5) is 12.4. The fourth-order valence-corrected chi connectivity index (χ4v) is 2.80. The Hall–Kier alpha value is -0.690. The van der Waals surface area contributed by atoms with E-state index in [9.17, 15) is 4.79 Å². The van der Waals surface area contributed by atoms with Gasteiger partial charge in [0.15, 0.2) is 0 Å². The molecule has 0 unspecified atom stereocenters. The van der Waals surface area contributed by atoms with Crippen molar-refractivity contribution >= 4 is 69.0 Å². The zero-order valence-corrected chi connectivity index (χ0v) is 16.5. The molecule has 2 rings (SSSR count). The number of anilines is 1. The molecule has 2 N–H and O–H groups in total. The maximum absolute atomic E-state index is 12.4. The van der Waals surface area contributed by atoms with E-state index in [0.29, 0.717) is 5.56 Å². The summed E-state index contributed by atoms with van der Waals surface area (Å²) >= 11 is 20.2. The monoisotopic (exact) mass is 482 g/mol. The number of hydrogen-bond acceptors (Lipinski definition) is 2. The summed E-state index contributed by atoms with van der Waals surface area (Å²) in [6.45, 7) is 1.93. The number of aryl methyl sites for hydroxylation is 1. The lowest BCUT2D eigenvalue weighted by Gasteiger charge is -2.28. The van der Waals surface area contributed by atoms with E-state index in [1.807, 2.05) is 37.3 Å². The van der Waals surface area contributed by atoms with Gasteiger partial charge in [0.25, 0.3) is 5.91 Å². The van der Waals surface area contributed by atoms with Gasteiger partial charge in [-0.15, -0.1) is 0 Å². The Morgan fingerprint density at radius 1 is 1.13 bits per heavy atom. The highest BCUT2D eigenvalue weighted by atomic mass is 127. The third-order valence-corrected chi connectivity index (χ3v) is 4.46. The third kappa shape index (κ3) is 5.41. The van der Waals surface area contributed by atoms with Crippen molar-refractivity contribution in [1.29, 1.82) is 0 Å². The molecule has 1 atom stereocenters. The highest BCUT2D eigenvalue weighted by Gasteiger charge is 2.34. The molecular formula is C16H14Cl3IN2O. The number of carbonyl (C=O) groups is 1. The lowest BCUT2D eigenvalue weighted by atomic mass is 10.2. The lowest BCUT2D eigenvalue weighted by molar-refractivity contribution is 0.0941. The van der Waals surface area contributed by atoms with Crippen LogP contribution in [0.4, 0.5) is 5.69 Å². The molecule has 0 aliphatic rings. The standard InChI is InChI=1S/C16H14Cl3IN2O/c1-10-5-2-3-8-13(10)21-15(16(17,18)19)22-14(23)11-6-4-7-12(20)9-11/h2-9,15,21H,1H3,(H,22,23)/t15-/m0/s1. The summed E-state index contributed by atoms with van der Waals surface area (Å²) < 4.78 is -0.757. The van der Waals surface area contributed by atoms with Gasteiger partial charge in [-0.05, 0) is 59.3 Å². The van der Waals surface area contributed by atoms with E-state index in [4.69, 9.17) is 34.8 Å². The van der Waals surface area contributed by atoms with Crippen LogP contribution in [-0.2, 0) is 0 Å². The average molecular weight is 484 g/mol. The van der Waals surface area contributed by atoms with Gasteiger partial charge in [-0.3, -0.25) is 4.79 Å². The first-order chi connectivity index (χ1) is 10.8. The van der Waals surface area contributed by atoms with Crippen molar-refractivity contribution in [2.24, 2.45) is 0 Å². The molecule has 1 amide bonds. The van der Waals surface area contributed by atoms with Crippen LogP contribution in [-0.4, -0.2) is 15.9 Å². The van der Waals surface area contributed by atoms with Crippen LogP contribution in [0, 0.1) is 10.5 Å². The van der Waals surface area contributed by atoms with Crippen molar-refractivity contribution in [1.82, 2.24) is 5.32 Å². The second kappa shape index (κ2) is 7.92. The molecule has 2 aromatic carbocycles. The van der Waals surface area contributed by atoms with E-state index in [2.05, 4.69) is 33.2 Å². The summed E-state index contributed by atoms with van der Waals surface area (Å²) in [5, 5.41) is 5.80. The van der Waals surface area contributed by atoms with Crippen LogP contribution in [0.1, 0.15) is 15.9 Å². The molecule has 0 aromatic heterocycles. The largest absolute Gasteiger partial charge is 0.362 e. The molecule has 0 aliphatic heterocycles. The van der Waals surface area contributed by atoms with Gasteiger partial charge in [0.2, 0.25) is 3.79 Å². The summed E-state index contributed by atoms with van der Waals surface area (Å²) in [6.07, 6.45) is -0.876. The number of hydrogen-bond donors (Lipinski definition) is 2. The highest BCUT2D eigenvalue weighted by molar-refractivity contribution is 14.1. The predicted molar refractivity (Wildman–Crippen MR) is 106 cm³/mol. The molecule has 3 nitrogen and oxygen atoms in total. The molecule has 0 aliphatic carbocycles. The van der Waals surface area contributed by atoms with E-state index in [0.717, 1.165) is 14.8 Å². The topological polar surface area (TPSA) is 41.1 Å². The maximum Gasteiger partial charge on any atom is 0.253 e. The molecule has 0 bridgehead atoms. The predicted octanol–water partition coefficient (Wildman–Crippen LogP) is 5.14. The lowest BCUT2D eigenvalue weighted by Crippen LogP contribution is -2.49. The maximum atomic E-state index is 12.4. The van der Waals surface area contributed by atoms with E-state index in [-0.39, 0.29) is 5.91 Å². The van der Waals surface area contributed by atoms with Gasteiger partial charge in [-0.25, -0.2) is 0 Å². The van der Waals surface area contributed by atoms with Gasteiger partial charge in [-0.2, -0.15) is 0 Å². The molecule has 7 heteroatoms. The van der Waals surface area contributed by atoms with Crippen LogP contribution in [0.15, 0.2) is 48.5 Å². The van der Waals surface area contributed by atoms with Gasteiger partial charge in [0.05, 0.1) is 0 Å². The molecule has 23 heavy (non-hydrogen) atoms. The second-order valence-corrected chi connectivity index (χ2v) is 8.53. The Morgan fingerprint density at radius 2 is 1.83 bits per heavy atom. The summed E-state index contributed by atoms with van der Waals surface area (Å²) in [5.74, 6) is -0.319. The molecule has 0 spiro atoms. The number of alkyl halides is 3. The van der Waals surface area contributed by atoms with Crippen LogP contribution < -0.4 is 10.6 Å². The quantitative estimate of drug-likeness (QED) is 0.359. The van der Waals surface area contributed by atoms with Crippen LogP contribution >= 0.6 is 57.4 Å². The fourth-order valence-electron chi connectivity index (χ4n) is 1.93. The van der Waals surface area contributed by atoms with E-state index in [1.165, 1.54) is 0 Å².